The Bertz CT molecular complexity index is 834. The van der Waals surface area contributed by atoms with Crippen LogP contribution in [0.15, 0.2) is 70.3 Å². The van der Waals surface area contributed by atoms with Gasteiger partial charge in [0.1, 0.15) is 6.61 Å². The zero-order chi connectivity index (χ0) is 17.8. The minimum atomic E-state index is -0.561. The van der Waals surface area contributed by atoms with Gasteiger partial charge >= 0.3 is 12.0 Å². The van der Waals surface area contributed by atoms with E-state index in [1.807, 2.05) is 54.6 Å². The molecule has 2 N–H and O–H groups in total. The van der Waals surface area contributed by atoms with Crippen LogP contribution in [-0.4, -0.2) is 12.0 Å². The number of benzene rings is 2. The molecule has 25 heavy (non-hydrogen) atoms. The van der Waals surface area contributed by atoms with Crippen molar-refractivity contribution in [2.24, 2.45) is 0 Å². The summed E-state index contributed by atoms with van der Waals surface area (Å²) in [6.07, 6.45) is 0. The van der Waals surface area contributed by atoms with E-state index < -0.39 is 12.0 Å². The normalized spacial score (nSPS) is 16.9. The Morgan fingerprint density at radius 2 is 1.92 bits per heavy atom. The first kappa shape index (κ1) is 17.2. The number of allylic oxidation sites excluding steroid dienone is 1. The van der Waals surface area contributed by atoms with Crippen molar-refractivity contribution in [2.45, 2.75) is 19.6 Å². The zero-order valence-corrected chi connectivity index (χ0v) is 15.2. The van der Waals surface area contributed by atoms with Crippen molar-refractivity contribution in [1.29, 1.82) is 0 Å². The first-order chi connectivity index (χ1) is 12.0. The Balaban J connectivity index is 1.85. The summed E-state index contributed by atoms with van der Waals surface area (Å²) < 4.78 is 6.32. The van der Waals surface area contributed by atoms with Gasteiger partial charge in [-0.25, -0.2) is 9.59 Å². The molecule has 2 aromatic rings. The lowest BCUT2D eigenvalue weighted by molar-refractivity contribution is -0.140. The van der Waals surface area contributed by atoms with Crippen molar-refractivity contribution < 1.29 is 14.3 Å². The molecule has 0 saturated heterocycles. The second-order valence-corrected chi connectivity index (χ2v) is 6.60. The van der Waals surface area contributed by atoms with Gasteiger partial charge in [0.05, 0.1) is 11.6 Å². The monoisotopic (exact) mass is 400 g/mol. The molecular formula is C19H17BrN2O3. The molecule has 1 aliphatic heterocycles. The number of hydrogen-bond acceptors (Lipinski definition) is 3. The maximum Gasteiger partial charge on any atom is 0.338 e. The molecule has 0 aromatic heterocycles. The van der Waals surface area contributed by atoms with Crippen molar-refractivity contribution in [2.75, 3.05) is 0 Å². The SMILES string of the molecule is CC1=C(C(=O)OCc2ccccc2)[C@H](c2cccc(Br)c2)NC(=O)N1. The Morgan fingerprint density at radius 1 is 1.16 bits per heavy atom. The number of rotatable bonds is 4. The molecule has 0 aliphatic carbocycles. The molecule has 0 bridgehead atoms. The van der Waals surface area contributed by atoms with Crippen LogP contribution in [-0.2, 0) is 16.1 Å². The fraction of sp³-hybridized carbons (Fsp3) is 0.158. The first-order valence-electron chi connectivity index (χ1n) is 7.79. The van der Waals surface area contributed by atoms with Crippen LogP contribution >= 0.6 is 15.9 Å². The van der Waals surface area contributed by atoms with Crippen LogP contribution in [0, 0.1) is 0 Å². The highest BCUT2D eigenvalue weighted by Gasteiger charge is 2.32. The van der Waals surface area contributed by atoms with E-state index in [2.05, 4.69) is 26.6 Å². The van der Waals surface area contributed by atoms with Crippen molar-refractivity contribution in [3.63, 3.8) is 0 Å². The van der Waals surface area contributed by atoms with Crippen LogP contribution in [0.3, 0.4) is 0 Å². The Kier molecular flexibility index (Phi) is 5.19. The van der Waals surface area contributed by atoms with Crippen molar-refractivity contribution in [3.8, 4) is 0 Å². The standard InChI is InChI=1S/C19H17BrN2O3/c1-12-16(18(23)25-11-13-6-3-2-4-7-13)17(22-19(24)21-12)14-8-5-9-15(20)10-14/h2-10,17H,11H2,1H3,(H2,21,22,24)/t17-/m0/s1. The number of carbonyl (C=O) groups is 2. The lowest BCUT2D eigenvalue weighted by atomic mass is 9.96. The molecule has 0 unspecified atom stereocenters. The summed E-state index contributed by atoms with van der Waals surface area (Å²) in [4.78, 5) is 24.5. The van der Waals surface area contributed by atoms with Gasteiger partial charge in [0.2, 0.25) is 0 Å². The first-order valence-corrected chi connectivity index (χ1v) is 8.58. The third-order valence-corrected chi connectivity index (χ3v) is 4.38. The van der Waals surface area contributed by atoms with E-state index in [4.69, 9.17) is 4.74 Å². The highest BCUT2D eigenvalue weighted by atomic mass is 79.9. The predicted molar refractivity (Wildman–Crippen MR) is 97.5 cm³/mol. The molecule has 1 heterocycles. The second-order valence-electron chi connectivity index (χ2n) is 5.69. The molecule has 2 amide bonds. The number of hydrogen-bond donors (Lipinski definition) is 2. The van der Waals surface area contributed by atoms with Crippen LogP contribution in [0.2, 0.25) is 0 Å². The van der Waals surface area contributed by atoms with Crippen molar-refractivity contribution >= 4 is 27.9 Å². The number of urea groups is 1. The molecule has 6 heteroatoms. The minimum Gasteiger partial charge on any atom is -0.457 e. The quantitative estimate of drug-likeness (QED) is 0.766. The van der Waals surface area contributed by atoms with Gasteiger partial charge in [0, 0.05) is 10.2 Å². The average Bonchev–Trinajstić information content (AvgIpc) is 2.60. The summed E-state index contributed by atoms with van der Waals surface area (Å²) in [6, 6.07) is 16.0. The maximum absolute atomic E-state index is 12.7. The number of carbonyl (C=O) groups excluding carboxylic acids is 2. The second kappa shape index (κ2) is 7.53. The van der Waals surface area contributed by atoms with Gasteiger partial charge in [-0.15, -0.1) is 0 Å². The summed E-state index contributed by atoms with van der Waals surface area (Å²) in [5.74, 6) is -0.459. The van der Waals surface area contributed by atoms with Crippen LogP contribution in [0.5, 0.6) is 0 Å². The number of esters is 1. The van der Waals surface area contributed by atoms with Crippen molar-refractivity contribution in [3.05, 3.63) is 81.5 Å². The van der Waals surface area contributed by atoms with Crippen molar-refractivity contribution in [1.82, 2.24) is 10.6 Å². The summed E-state index contributed by atoms with van der Waals surface area (Å²) in [7, 11) is 0. The lowest BCUT2D eigenvalue weighted by Gasteiger charge is -2.28. The molecule has 128 valence electrons. The molecule has 0 saturated carbocycles. The van der Waals surface area contributed by atoms with E-state index in [0.29, 0.717) is 11.3 Å². The van der Waals surface area contributed by atoms with Gasteiger partial charge in [-0.05, 0) is 30.2 Å². The van der Waals surface area contributed by atoms with Gasteiger partial charge in [-0.3, -0.25) is 0 Å². The van der Waals surface area contributed by atoms with E-state index in [-0.39, 0.29) is 12.6 Å². The number of amides is 2. The number of nitrogens with one attached hydrogen (secondary N) is 2. The van der Waals surface area contributed by atoms with E-state index in [1.54, 1.807) is 6.92 Å². The summed E-state index contributed by atoms with van der Waals surface area (Å²) in [6.45, 7) is 1.87. The summed E-state index contributed by atoms with van der Waals surface area (Å²) >= 11 is 3.42. The molecular weight excluding hydrogens is 384 g/mol. The lowest BCUT2D eigenvalue weighted by Crippen LogP contribution is -2.45. The Labute approximate surface area is 154 Å². The maximum atomic E-state index is 12.7. The third kappa shape index (κ3) is 4.09. The molecule has 2 aromatic carbocycles. The molecule has 1 aliphatic rings. The fourth-order valence-electron chi connectivity index (χ4n) is 2.70. The van der Waals surface area contributed by atoms with Crippen LogP contribution < -0.4 is 10.6 Å². The van der Waals surface area contributed by atoms with E-state index in [0.717, 1.165) is 15.6 Å². The fourth-order valence-corrected chi connectivity index (χ4v) is 3.12. The molecule has 3 rings (SSSR count). The number of halogens is 1. The molecule has 0 spiro atoms. The third-order valence-electron chi connectivity index (χ3n) is 3.88. The molecule has 1 atom stereocenters. The van der Waals surface area contributed by atoms with Gasteiger partial charge < -0.3 is 15.4 Å². The molecule has 5 nitrogen and oxygen atoms in total. The highest BCUT2D eigenvalue weighted by Crippen LogP contribution is 2.29. The van der Waals surface area contributed by atoms with Gasteiger partial charge in [-0.1, -0.05) is 58.4 Å². The van der Waals surface area contributed by atoms with Crippen LogP contribution in [0.25, 0.3) is 0 Å². The largest absolute Gasteiger partial charge is 0.457 e. The van der Waals surface area contributed by atoms with E-state index in [1.165, 1.54) is 0 Å². The van der Waals surface area contributed by atoms with Crippen LogP contribution in [0.4, 0.5) is 4.79 Å². The van der Waals surface area contributed by atoms with E-state index >= 15 is 0 Å². The number of ether oxygens (including phenoxy) is 1. The predicted octanol–water partition coefficient (Wildman–Crippen LogP) is 3.82. The Hall–Kier alpha value is -2.60. The van der Waals surface area contributed by atoms with Gasteiger partial charge in [0.15, 0.2) is 0 Å². The average molecular weight is 401 g/mol. The highest BCUT2D eigenvalue weighted by molar-refractivity contribution is 9.10. The zero-order valence-electron chi connectivity index (χ0n) is 13.6. The minimum absolute atomic E-state index is 0.176. The van der Waals surface area contributed by atoms with Gasteiger partial charge in [0.25, 0.3) is 0 Å². The molecule has 0 radical (unpaired) electrons. The van der Waals surface area contributed by atoms with Gasteiger partial charge in [-0.2, -0.15) is 0 Å². The van der Waals surface area contributed by atoms with E-state index in [9.17, 15) is 9.59 Å². The smallest absolute Gasteiger partial charge is 0.338 e. The van der Waals surface area contributed by atoms with Crippen LogP contribution in [0.1, 0.15) is 24.1 Å². The topological polar surface area (TPSA) is 67.4 Å². The summed E-state index contributed by atoms with van der Waals surface area (Å²) in [5.41, 5.74) is 2.59. The molecule has 0 fully saturated rings. The summed E-state index contributed by atoms with van der Waals surface area (Å²) in [5, 5.41) is 5.43. The Morgan fingerprint density at radius 3 is 2.64 bits per heavy atom.